The summed E-state index contributed by atoms with van der Waals surface area (Å²) in [5.41, 5.74) is 7.90. The largest absolute Gasteiger partial charge is 0.488 e. The standard InChI is InChI=1S/C17H22N4O/c1-12-19-14(7-8-18)10-17(20-12)21(2)11-15-9-13-5-3-4-6-16(13)22-15/h3-6,10,15H,7-9,11,18H2,1-2H3/t15-/m0/s1. The number of likely N-dealkylation sites (N-methyl/N-ethyl adjacent to an activating group) is 1. The molecule has 0 bridgehead atoms. The molecular weight excluding hydrogens is 276 g/mol. The topological polar surface area (TPSA) is 64.3 Å². The zero-order chi connectivity index (χ0) is 15.5. The van der Waals surface area contributed by atoms with E-state index in [1.54, 1.807) is 0 Å². The molecule has 2 aromatic rings. The Morgan fingerprint density at radius 3 is 2.91 bits per heavy atom. The minimum absolute atomic E-state index is 0.163. The summed E-state index contributed by atoms with van der Waals surface area (Å²) in [6.45, 7) is 3.31. The van der Waals surface area contributed by atoms with Gasteiger partial charge in [-0.1, -0.05) is 18.2 Å². The summed E-state index contributed by atoms with van der Waals surface area (Å²) in [4.78, 5) is 11.1. The maximum atomic E-state index is 6.00. The summed E-state index contributed by atoms with van der Waals surface area (Å²) < 4.78 is 6.00. The highest BCUT2D eigenvalue weighted by Crippen LogP contribution is 2.28. The third kappa shape index (κ3) is 3.20. The van der Waals surface area contributed by atoms with E-state index in [0.29, 0.717) is 6.54 Å². The Hall–Kier alpha value is -2.14. The SMILES string of the molecule is Cc1nc(CCN)cc(N(C)C[C@@H]2Cc3ccccc3O2)n1. The Balaban J connectivity index is 1.69. The molecule has 0 fully saturated rings. The molecule has 5 heteroatoms. The number of nitrogens with two attached hydrogens (primary N) is 1. The van der Waals surface area contributed by atoms with Crippen LogP contribution >= 0.6 is 0 Å². The van der Waals surface area contributed by atoms with Crippen molar-refractivity contribution in [1.29, 1.82) is 0 Å². The molecule has 5 nitrogen and oxygen atoms in total. The van der Waals surface area contributed by atoms with Crippen LogP contribution in [0, 0.1) is 6.92 Å². The van der Waals surface area contributed by atoms with Gasteiger partial charge >= 0.3 is 0 Å². The summed E-state index contributed by atoms with van der Waals surface area (Å²) in [5.74, 6) is 2.71. The van der Waals surface area contributed by atoms with Crippen LogP contribution in [0.25, 0.3) is 0 Å². The van der Waals surface area contributed by atoms with Crippen LogP contribution in [0.4, 0.5) is 5.82 Å². The predicted molar refractivity (Wildman–Crippen MR) is 87.4 cm³/mol. The highest BCUT2D eigenvalue weighted by atomic mass is 16.5. The fourth-order valence-electron chi connectivity index (χ4n) is 2.84. The number of para-hydroxylation sites is 1. The Morgan fingerprint density at radius 1 is 1.32 bits per heavy atom. The summed E-state index contributed by atoms with van der Waals surface area (Å²) in [6, 6.07) is 10.2. The number of anilines is 1. The Kier molecular flexibility index (Phi) is 4.24. The van der Waals surface area contributed by atoms with E-state index in [1.165, 1.54) is 5.56 Å². The van der Waals surface area contributed by atoms with Gasteiger partial charge in [-0.2, -0.15) is 0 Å². The van der Waals surface area contributed by atoms with Crippen molar-refractivity contribution >= 4 is 5.82 Å². The summed E-state index contributed by atoms with van der Waals surface area (Å²) in [6.07, 6.45) is 1.88. The van der Waals surface area contributed by atoms with Gasteiger partial charge in [0.05, 0.1) is 6.54 Å². The van der Waals surface area contributed by atoms with Crippen LogP contribution in [0.15, 0.2) is 30.3 Å². The van der Waals surface area contributed by atoms with Crippen LogP contribution in [0.3, 0.4) is 0 Å². The minimum Gasteiger partial charge on any atom is -0.488 e. The van der Waals surface area contributed by atoms with Crippen molar-refractivity contribution in [3.05, 3.63) is 47.4 Å². The van der Waals surface area contributed by atoms with Gasteiger partial charge in [0, 0.05) is 31.6 Å². The van der Waals surface area contributed by atoms with Gasteiger partial charge in [-0.3, -0.25) is 0 Å². The molecule has 1 atom stereocenters. The van der Waals surface area contributed by atoms with Crippen LogP contribution in [0.5, 0.6) is 5.75 Å². The predicted octanol–water partition coefficient (Wildman–Crippen LogP) is 1.73. The van der Waals surface area contributed by atoms with Crippen molar-refractivity contribution in [3.8, 4) is 5.75 Å². The quantitative estimate of drug-likeness (QED) is 0.910. The average Bonchev–Trinajstić information content (AvgIpc) is 2.89. The van der Waals surface area contributed by atoms with Crippen molar-refractivity contribution in [1.82, 2.24) is 9.97 Å². The van der Waals surface area contributed by atoms with Crippen molar-refractivity contribution < 1.29 is 4.74 Å². The molecule has 0 amide bonds. The third-order valence-corrected chi connectivity index (χ3v) is 3.86. The van der Waals surface area contributed by atoms with Gasteiger partial charge in [0.1, 0.15) is 23.5 Å². The molecule has 0 aliphatic carbocycles. The molecule has 1 aliphatic heterocycles. The van der Waals surface area contributed by atoms with Crippen molar-refractivity contribution in [2.24, 2.45) is 5.73 Å². The molecule has 1 aromatic carbocycles. The van der Waals surface area contributed by atoms with E-state index in [-0.39, 0.29) is 6.10 Å². The lowest BCUT2D eigenvalue weighted by atomic mass is 10.1. The minimum atomic E-state index is 0.163. The molecule has 0 saturated carbocycles. The van der Waals surface area contributed by atoms with Crippen LogP contribution in [-0.4, -0.2) is 36.2 Å². The lowest BCUT2D eigenvalue weighted by Gasteiger charge is -2.22. The van der Waals surface area contributed by atoms with Crippen LogP contribution in [0.2, 0.25) is 0 Å². The van der Waals surface area contributed by atoms with E-state index in [4.69, 9.17) is 10.5 Å². The second-order valence-electron chi connectivity index (χ2n) is 5.74. The molecular formula is C17H22N4O. The van der Waals surface area contributed by atoms with E-state index in [1.807, 2.05) is 32.2 Å². The number of ether oxygens (including phenoxy) is 1. The molecule has 1 aliphatic rings. The van der Waals surface area contributed by atoms with Gasteiger partial charge in [0.15, 0.2) is 0 Å². The van der Waals surface area contributed by atoms with Crippen molar-refractivity contribution in [2.75, 3.05) is 25.0 Å². The number of aryl methyl sites for hydroxylation is 1. The third-order valence-electron chi connectivity index (χ3n) is 3.86. The average molecular weight is 298 g/mol. The van der Waals surface area contributed by atoms with Crippen molar-refractivity contribution in [3.63, 3.8) is 0 Å². The highest BCUT2D eigenvalue weighted by Gasteiger charge is 2.24. The van der Waals surface area contributed by atoms with Gasteiger partial charge in [-0.15, -0.1) is 0 Å². The van der Waals surface area contributed by atoms with E-state index >= 15 is 0 Å². The lowest BCUT2D eigenvalue weighted by Crippen LogP contribution is -2.32. The van der Waals surface area contributed by atoms with Gasteiger partial charge in [0.2, 0.25) is 0 Å². The molecule has 22 heavy (non-hydrogen) atoms. The molecule has 2 N–H and O–H groups in total. The second kappa shape index (κ2) is 6.32. The maximum Gasteiger partial charge on any atom is 0.132 e. The van der Waals surface area contributed by atoms with Gasteiger partial charge in [0.25, 0.3) is 0 Å². The first kappa shape index (κ1) is 14.8. The summed E-state index contributed by atoms with van der Waals surface area (Å²) >= 11 is 0. The fourth-order valence-corrected chi connectivity index (χ4v) is 2.84. The number of rotatable bonds is 5. The molecule has 0 spiro atoms. The first-order valence-electron chi connectivity index (χ1n) is 7.66. The first-order chi connectivity index (χ1) is 10.7. The Labute approximate surface area is 131 Å². The first-order valence-corrected chi connectivity index (χ1v) is 7.66. The van der Waals surface area contributed by atoms with E-state index in [0.717, 1.165) is 42.5 Å². The normalized spacial score (nSPS) is 16.2. The summed E-state index contributed by atoms with van der Waals surface area (Å²) in [5, 5.41) is 0. The smallest absolute Gasteiger partial charge is 0.132 e. The second-order valence-corrected chi connectivity index (χ2v) is 5.74. The van der Waals surface area contributed by atoms with Gasteiger partial charge in [-0.05, 0) is 25.1 Å². The van der Waals surface area contributed by atoms with Crippen LogP contribution in [0.1, 0.15) is 17.1 Å². The molecule has 3 rings (SSSR count). The van der Waals surface area contributed by atoms with Crippen LogP contribution in [-0.2, 0) is 12.8 Å². The zero-order valence-electron chi connectivity index (χ0n) is 13.1. The number of aromatic nitrogens is 2. The molecule has 1 aromatic heterocycles. The molecule has 0 radical (unpaired) electrons. The van der Waals surface area contributed by atoms with E-state index in [9.17, 15) is 0 Å². The lowest BCUT2D eigenvalue weighted by molar-refractivity contribution is 0.239. The number of fused-ring (bicyclic) bond motifs is 1. The molecule has 116 valence electrons. The number of nitrogens with zero attached hydrogens (tertiary/aromatic N) is 3. The molecule has 0 saturated heterocycles. The van der Waals surface area contributed by atoms with Crippen LogP contribution < -0.4 is 15.4 Å². The highest BCUT2D eigenvalue weighted by molar-refractivity contribution is 5.41. The zero-order valence-corrected chi connectivity index (χ0v) is 13.1. The van der Waals surface area contributed by atoms with E-state index in [2.05, 4.69) is 27.0 Å². The van der Waals surface area contributed by atoms with Crippen molar-refractivity contribution in [2.45, 2.75) is 25.9 Å². The fraction of sp³-hybridized carbons (Fsp3) is 0.412. The number of benzene rings is 1. The number of hydrogen-bond donors (Lipinski definition) is 1. The van der Waals surface area contributed by atoms with Gasteiger partial charge in [-0.25, -0.2) is 9.97 Å². The molecule has 0 unspecified atom stereocenters. The number of hydrogen-bond acceptors (Lipinski definition) is 5. The summed E-state index contributed by atoms with van der Waals surface area (Å²) in [7, 11) is 2.04. The monoisotopic (exact) mass is 298 g/mol. The Bertz CT molecular complexity index is 634. The molecule has 2 heterocycles. The van der Waals surface area contributed by atoms with Gasteiger partial charge < -0.3 is 15.4 Å². The maximum absolute atomic E-state index is 6.00. The Morgan fingerprint density at radius 2 is 2.14 bits per heavy atom. The van der Waals surface area contributed by atoms with E-state index < -0.39 is 0 Å².